The van der Waals surface area contributed by atoms with E-state index in [1.807, 2.05) is 0 Å². The minimum absolute atomic E-state index is 0.0189. The van der Waals surface area contributed by atoms with Crippen LogP contribution < -0.4 is 0 Å². The fraction of sp³-hybridized carbons (Fsp3) is 0.833. The smallest absolute Gasteiger partial charge is 0.259 e. The van der Waals surface area contributed by atoms with Gasteiger partial charge in [-0.2, -0.15) is 18.3 Å². The number of hydrogen-bond acceptors (Lipinski definition) is 4. The molecule has 1 aliphatic heterocycles. The Morgan fingerprint density at radius 1 is 1.60 bits per heavy atom. The van der Waals surface area contributed by atoms with Gasteiger partial charge >= 0.3 is 6.18 Å². The molecule has 0 N–H and O–H groups in total. The third kappa shape index (κ3) is 2.28. The summed E-state index contributed by atoms with van der Waals surface area (Å²) in [6, 6.07) is 0. The van der Waals surface area contributed by atoms with Crippen molar-refractivity contribution in [2.45, 2.75) is 25.7 Å². The highest BCUT2D eigenvalue weighted by Crippen LogP contribution is 2.30. The van der Waals surface area contributed by atoms with E-state index >= 15 is 0 Å². The zero-order valence-electron chi connectivity index (χ0n) is 7.81. The van der Waals surface area contributed by atoms with Crippen molar-refractivity contribution < 1.29 is 18.2 Å². The van der Waals surface area contributed by atoms with Crippen LogP contribution in [0, 0.1) is 10.1 Å². The zero-order chi connectivity index (χ0) is 11.6. The lowest BCUT2D eigenvalue weighted by molar-refractivity contribution is -0.646. The number of nitro groups is 1. The monoisotopic (exact) mass is 226 g/mol. The molecule has 0 aliphatic carbocycles. The molecule has 0 spiro atoms. The van der Waals surface area contributed by atoms with Crippen LogP contribution in [0.2, 0.25) is 0 Å². The molecule has 1 aliphatic rings. The second kappa shape index (κ2) is 3.91. The average molecular weight is 226 g/mol. The number of halogens is 3. The maximum absolute atomic E-state index is 12.5. The fourth-order valence-corrected chi connectivity index (χ4v) is 1.24. The molecule has 15 heavy (non-hydrogen) atoms. The van der Waals surface area contributed by atoms with E-state index in [2.05, 4.69) is 5.10 Å². The van der Waals surface area contributed by atoms with E-state index in [0.29, 0.717) is 17.8 Å². The summed E-state index contributed by atoms with van der Waals surface area (Å²) in [6.45, 7) is 1.68. The molecule has 0 aromatic heterocycles. The van der Waals surface area contributed by atoms with E-state index in [1.165, 1.54) is 0 Å². The molecule has 0 amide bonds. The maximum atomic E-state index is 12.5. The van der Waals surface area contributed by atoms with E-state index in [0.717, 1.165) is 0 Å². The summed E-state index contributed by atoms with van der Waals surface area (Å²) in [4.78, 5) is 10.3. The van der Waals surface area contributed by atoms with Crippen LogP contribution in [0.25, 0.3) is 0 Å². The average Bonchev–Trinajstić information content (AvgIpc) is 2.47. The molecular formula is C6H9F3N4O2. The molecule has 0 radical (unpaired) electrons. The molecule has 1 unspecified atom stereocenters. The van der Waals surface area contributed by atoms with Gasteiger partial charge in [-0.05, 0) is 11.4 Å². The van der Waals surface area contributed by atoms with Crippen molar-refractivity contribution in [1.29, 1.82) is 0 Å². The lowest BCUT2D eigenvalue weighted by Gasteiger charge is -2.25. The van der Waals surface area contributed by atoms with Crippen molar-refractivity contribution in [3.8, 4) is 0 Å². The molecule has 6 nitrogen and oxygen atoms in total. The first-order chi connectivity index (χ1) is 6.88. The van der Waals surface area contributed by atoms with Gasteiger partial charge in [-0.25, -0.2) is 10.1 Å². The summed E-state index contributed by atoms with van der Waals surface area (Å²) < 4.78 is 37.4. The maximum Gasteiger partial charge on any atom is 0.435 e. The first-order valence-electron chi connectivity index (χ1n) is 4.18. The van der Waals surface area contributed by atoms with E-state index in [-0.39, 0.29) is 11.6 Å². The highest BCUT2D eigenvalue weighted by Gasteiger charge is 2.54. The fourth-order valence-electron chi connectivity index (χ4n) is 1.24. The van der Waals surface area contributed by atoms with Crippen molar-refractivity contribution in [3.63, 3.8) is 0 Å². The van der Waals surface area contributed by atoms with Gasteiger partial charge in [0.25, 0.3) is 6.17 Å². The van der Waals surface area contributed by atoms with Gasteiger partial charge in [-0.3, -0.25) is 5.01 Å². The lowest BCUT2D eigenvalue weighted by Crippen LogP contribution is -2.52. The topological polar surface area (TPSA) is 62.0 Å². The first-order valence-corrected chi connectivity index (χ1v) is 4.18. The van der Waals surface area contributed by atoms with Crippen LogP contribution in [0.4, 0.5) is 13.2 Å². The van der Waals surface area contributed by atoms with Gasteiger partial charge in [0, 0.05) is 6.54 Å². The van der Waals surface area contributed by atoms with Gasteiger partial charge < -0.3 is 0 Å². The molecular weight excluding hydrogens is 217 g/mol. The van der Waals surface area contributed by atoms with Crippen LogP contribution in [-0.2, 0) is 0 Å². The molecule has 1 heterocycles. The third-order valence-electron chi connectivity index (χ3n) is 1.79. The Kier molecular flexibility index (Phi) is 3.01. The lowest BCUT2D eigenvalue weighted by atomic mass is 10.4. The van der Waals surface area contributed by atoms with Gasteiger partial charge in [0.15, 0.2) is 11.4 Å². The molecule has 1 atom stereocenters. The zero-order valence-corrected chi connectivity index (χ0v) is 7.81. The van der Waals surface area contributed by atoms with Crippen LogP contribution in [0.15, 0.2) is 5.10 Å². The number of alkyl halides is 3. The first kappa shape index (κ1) is 11.5. The third-order valence-corrected chi connectivity index (χ3v) is 1.79. The summed E-state index contributed by atoms with van der Waals surface area (Å²) in [5, 5.41) is 13.2. The second-order valence-electron chi connectivity index (χ2n) is 2.93. The van der Waals surface area contributed by atoms with Gasteiger partial charge in [-0.15, -0.1) is 0 Å². The second-order valence-corrected chi connectivity index (χ2v) is 2.93. The van der Waals surface area contributed by atoms with Gasteiger partial charge in [0.2, 0.25) is 0 Å². The Hall–Kier alpha value is -1.54. The quantitative estimate of drug-likeness (QED) is 0.532. The molecule has 0 aromatic carbocycles. The summed E-state index contributed by atoms with van der Waals surface area (Å²) >= 11 is 0. The minimum atomic E-state index is -4.71. The summed E-state index contributed by atoms with van der Waals surface area (Å²) in [5.74, 6) is 0. The summed E-state index contributed by atoms with van der Waals surface area (Å²) in [6.07, 6.45) is -6.00. The molecule has 86 valence electrons. The Balaban J connectivity index is 2.87. The van der Waals surface area contributed by atoms with Crippen LogP contribution in [-0.4, -0.2) is 40.3 Å². The molecule has 0 bridgehead atoms. The number of hydrogen-bond donors (Lipinski definition) is 0. The Bertz CT molecular complexity index is 280. The Morgan fingerprint density at radius 3 is 2.60 bits per heavy atom. The molecule has 0 aromatic rings. The number of rotatable bonds is 3. The molecule has 9 heteroatoms. The summed E-state index contributed by atoms with van der Waals surface area (Å²) in [5.41, 5.74) is 0. The van der Waals surface area contributed by atoms with E-state index in [4.69, 9.17) is 0 Å². The van der Waals surface area contributed by atoms with Crippen molar-refractivity contribution in [3.05, 3.63) is 10.1 Å². The molecule has 0 fully saturated rings. The van der Waals surface area contributed by atoms with Crippen molar-refractivity contribution >= 4 is 6.34 Å². The van der Waals surface area contributed by atoms with Gasteiger partial charge in [0.05, 0.1) is 0 Å². The van der Waals surface area contributed by atoms with Crippen LogP contribution in [0.5, 0.6) is 0 Å². The molecule has 0 saturated heterocycles. The molecule has 1 rings (SSSR count). The highest BCUT2D eigenvalue weighted by atomic mass is 19.4. The predicted molar refractivity (Wildman–Crippen MR) is 44.2 cm³/mol. The highest BCUT2D eigenvalue weighted by molar-refractivity contribution is 5.55. The van der Waals surface area contributed by atoms with Crippen LogP contribution >= 0.6 is 0 Å². The van der Waals surface area contributed by atoms with Crippen molar-refractivity contribution in [1.82, 2.24) is 10.0 Å². The SMILES string of the molecule is CCCN1N=CN([N+](=O)[O-])C1C(F)(F)F. The van der Waals surface area contributed by atoms with Crippen molar-refractivity contribution in [2.24, 2.45) is 5.10 Å². The normalized spacial score (nSPS) is 21.2. The van der Waals surface area contributed by atoms with Crippen LogP contribution in [0.3, 0.4) is 0 Å². The largest absolute Gasteiger partial charge is 0.435 e. The Morgan fingerprint density at radius 2 is 2.20 bits per heavy atom. The number of nitrogens with zero attached hydrogens (tertiary/aromatic N) is 4. The minimum Gasteiger partial charge on any atom is -0.259 e. The number of hydrazone groups is 1. The van der Waals surface area contributed by atoms with Gasteiger partial charge in [0.1, 0.15) is 0 Å². The van der Waals surface area contributed by atoms with Gasteiger partial charge in [-0.1, -0.05) is 6.92 Å². The number of hydrazine groups is 1. The Labute approximate surface area is 83.1 Å². The van der Waals surface area contributed by atoms with E-state index in [1.54, 1.807) is 6.92 Å². The molecule has 0 saturated carbocycles. The van der Waals surface area contributed by atoms with Crippen molar-refractivity contribution in [2.75, 3.05) is 6.54 Å². The predicted octanol–water partition coefficient (Wildman–Crippen LogP) is 1.04. The van der Waals surface area contributed by atoms with Crippen LogP contribution in [0.1, 0.15) is 13.3 Å². The van der Waals surface area contributed by atoms with E-state index < -0.39 is 17.4 Å². The standard InChI is InChI=1S/C6H9F3N4O2/c1-2-3-11-5(6(7,8)9)12(4-10-11)13(14)15/h4-5H,2-3H2,1H3. The summed E-state index contributed by atoms with van der Waals surface area (Å²) in [7, 11) is 0. The van der Waals surface area contributed by atoms with E-state index in [9.17, 15) is 23.3 Å².